The van der Waals surface area contributed by atoms with Gasteiger partial charge in [0.05, 0.1) is 7.11 Å². The molecule has 0 unspecified atom stereocenters. The Morgan fingerprint density at radius 3 is 1.64 bits per heavy atom. The summed E-state index contributed by atoms with van der Waals surface area (Å²) in [7, 11) is 1.73. The molecule has 5 aromatic carbocycles. The van der Waals surface area contributed by atoms with Gasteiger partial charge in [-0.3, -0.25) is 0 Å². The third kappa shape index (κ3) is 7.70. The topological polar surface area (TPSA) is 36.9 Å². The van der Waals surface area contributed by atoms with E-state index in [4.69, 9.17) is 18.9 Å². The van der Waals surface area contributed by atoms with E-state index in [9.17, 15) is 0 Å². The van der Waals surface area contributed by atoms with Crippen LogP contribution in [-0.4, -0.2) is 7.11 Å². The van der Waals surface area contributed by atoms with Crippen LogP contribution < -0.4 is 18.9 Å². The Morgan fingerprint density at radius 1 is 0.545 bits per heavy atom. The highest BCUT2D eigenvalue weighted by molar-refractivity contribution is 5.69. The molecule has 0 N–H and O–H groups in total. The molecule has 4 nitrogen and oxygen atoms in total. The minimum atomic E-state index is 0.478. The van der Waals surface area contributed by atoms with E-state index in [2.05, 4.69) is 75.4 Å². The third-order valence-electron chi connectivity index (χ3n) is 7.81. The van der Waals surface area contributed by atoms with Crippen LogP contribution in [0.3, 0.4) is 0 Å². The Hall–Kier alpha value is -4.96. The summed E-state index contributed by atoms with van der Waals surface area (Å²) in [5.74, 6) is 3.35. The van der Waals surface area contributed by atoms with Gasteiger partial charge in [0.25, 0.3) is 0 Å². The van der Waals surface area contributed by atoms with Gasteiger partial charge in [-0.05, 0) is 66.6 Å². The molecule has 0 aliphatic heterocycles. The highest BCUT2D eigenvalue weighted by Crippen LogP contribution is 2.39. The number of benzene rings is 5. The van der Waals surface area contributed by atoms with Crippen molar-refractivity contribution in [3.63, 3.8) is 0 Å². The van der Waals surface area contributed by atoms with E-state index in [1.165, 1.54) is 0 Å². The van der Waals surface area contributed by atoms with E-state index in [0.29, 0.717) is 26.2 Å². The van der Waals surface area contributed by atoms with Crippen molar-refractivity contribution in [2.75, 3.05) is 7.11 Å². The Labute approximate surface area is 261 Å². The zero-order valence-electron chi connectivity index (χ0n) is 26.0. The minimum absolute atomic E-state index is 0.478. The zero-order chi connectivity index (χ0) is 30.7. The monoisotopic (exact) mass is 584 g/mol. The molecule has 0 fully saturated rings. The highest BCUT2D eigenvalue weighted by Gasteiger charge is 2.18. The average molecular weight is 585 g/mol. The maximum Gasteiger partial charge on any atom is 0.129 e. The first-order valence-corrected chi connectivity index (χ1v) is 15.0. The molecule has 5 aromatic rings. The number of rotatable bonds is 13. The normalized spacial score (nSPS) is 11.0. The molecule has 0 heterocycles. The van der Waals surface area contributed by atoms with Crippen LogP contribution in [0.25, 0.3) is 6.08 Å². The van der Waals surface area contributed by atoms with Gasteiger partial charge in [0, 0.05) is 17.2 Å². The van der Waals surface area contributed by atoms with Gasteiger partial charge < -0.3 is 18.9 Å². The number of methoxy groups -OCH3 is 1. The lowest BCUT2D eigenvalue weighted by Crippen LogP contribution is -2.04. The predicted octanol–water partition coefficient (Wildman–Crippen LogP) is 9.61. The van der Waals surface area contributed by atoms with Gasteiger partial charge in [-0.2, -0.15) is 0 Å². The molecule has 0 aromatic heterocycles. The second kappa shape index (κ2) is 15.0. The van der Waals surface area contributed by atoms with Crippen LogP contribution in [0.5, 0.6) is 23.0 Å². The van der Waals surface area contributed by atoms with Crippen LogP contribution in [0.15, 0.2) is 115 Å². The molecule has 44 heavy (non-hydrogen) atoms. The molecule has 5 rings (SSSR count). The van der Waals surface area contributed by atoms with E-state index in [0.717, 1.165) is 67.5 Å². The summed E-state index contributed by atoms with van der Waals surface area (Å²) in [6.07, 6.45) is 4.98. The summed E-state index contributed by atoms with van der Waals surface area (Å²) in [5.41, 5.74) is 8.69. The lowest BCUT2D eigenvalue weighted by atomic mass is 9.96. The Morgan fingerprint density at radius 2 is 1.07 bits per heavy atom. The van der Waals surface area contributed by atoms with Crippen molar-refractivity contribution in [1.29, 1.82) is 0 Å². The van der Waals surface area contributed by atoms with Gasteiger partial charge in [-0.1, -0.05) is 109 Å². The van der Waals surface area contributed by atoms with E-state index in [1.54, 1.807) is 7.11 Å². The van der Waals surface area contributed by atoms with Crippen LogP contribution in [0, 0.1) is 20.8 Å². The summed E-state index contributed by atoms with van der Waals surface area (Å²) >= 11 is 0. The van der Waals surface area contributed by atoms with Crippen molar-refractivity contribution in [3.8, 4) is 23.0 Å². The summed E-state index contributed by atoms with van der Waals surface area (Å²) in [4.78, 5) is 0. The van der Waals surface area contributed by atoms with E-state index in [-0.39, 0.29) is 0 Å². The molecule has 0 bridgehead atoms. The van der Waals surface area contributed by atoms with E-state index < -0.39 is 0 Å². The molecule has 0 saturated heterocycles. The molecule has 0 aliphatic carbocycles. The number of hydrogen-bond donors (Lipinski definition) is 0. The van der Waals surface area contributed by atoms with Gasteiger partial charge in [0.2, 0.25) is 0 Å². The zero-order valence-corrected chi connectivity index (χ0v) is 26.0. The third-order valence-corrected chi connectivity index (χ3v) is 7.81. The first kappa shape index (κ1) is 30.5. The summed E-state index contributed by atoms with van der Waals surface area (Å²) < 4.78 is 24.8. The number of allylic oxidation sites excluding steroid dienone is 1. The molecule has 0 atom stereocenters. The number of ether oxygens (including phenoxy) is 4. The second-order valence-electron chi connectivity index (χ2n) is 10.8. The second-order valence-corrected chi connectivity index (χ2v) is 10.8. The van der Waals surface area contributed by atoms with Crippen molar-refractivity contribution in [2.24, 2.45) is 0 Å². The SMILES string of the molecule is COc1c(C)c(C)c(OCc2ccccc2)c(C)c1/C=C/Cc1ccc(OCc2ccccc2)cc1OCc1ccccc1. The summed E-state index contributed by atoms with van der Waals surface area (Å²) in [5, 5.41) is 0. The standard InChI is InChI=1S/C40H40O4/c1-29-30(2)40(41-4)37(31(3)39(29)44-28-34-19-12-7-13-20-34)22-14-21-35-23-24-36(42-26-32-15-8-5-9-16-32)25-38(35)43-27-33-17-10-6-11-18-33/h5-20,22-25H,21,26-28H2,1-4H3/b22-14+. The minimum Gasteiger partial charge on any atom is -0.496 e. The van der Waals surface area contributed by atoms with Gasteiger partial charge in [-0.25, -0.2) is 0 Å². The first-order valence-electron chi connectivity index (χ1n) is 15.0. The van der Waals surface area contributed by atoms with Crippen LogP contribution in [0.2, 0.25) is 0 Å². The average Bonchev–Trinajstić information content (AvgIpc) is 3.07. The van der Waals surface area contributed by atoms with Gasteiger partial charge in [0.15, 0.2) is 0 Å². The van der Waals surface area contributed by atoms with Crippen LogP contribution >= 0.6 is 0 Å². The van der Waals surface area contributed by atoms with E-state index >= 15 is 0 Å². The molecular weight excluding hydrogens is 544 g/mol. The first-order chi connectivity index (χ1) is 21.5. The molecule has 0 aliphatic rings. The lowest BCUT2D eigenvalue weighted by Gasteiger charge is -2.20. The quantitative estimate of drug-likeness (QED) is 0.138. The Balaban J connectivity index is 1.38. The van der Waals surface area contributed by atoms with Gasteiger partial charge in [-0.15, -0.1) is 0 Å². The van der Waals surface area contributed by atoms with Crippen LogP contribution in [0.1, 0.15) is 44.5 Å². The number of hydrogen-bond acceptors (Lipinski definition) is 4. The van der Waals surface area contributed by atoms with Crippen LogP contribution in [-0.2, 0) is 26.2 Å². The molecule has 0 amide bonds. The summed E-state index contributed by atoms with van der Waals surface area (Å²) in [6.45, 7) is 7.77. The maximum atomic E-state index is 6.38. The van der Waals surface area contributed by atoms with Gasteiger partial charge in [0.1, 0.15) is 42.8 Å². The molecule has 4 heteroatoms. The Kier molecular flexibility index (Phi) is 10.4. The fourth-order valence-corrected chi connectivity index (χ4v) is 5.23. The van der Waals surface area contributed by atoms with Gasteiger partial charge >= 0.3 is 0 Å². The molecule has 0 saturated carbocycles. The molecule has 224 valence electrons. The lowest BCUT2D eigenvalue weighted by molar-refractivity contribution is 0.288. The molecule has 0 spiro atoms. The highest BCUT2D eigenvalue weighted by atomic mass is 16.5. The predicted molar refractivity (Wildman–Crippen MR) is 179 cm³/mol. The summed E-state index contributed by atoms with van der Waals surface area (Å²) in [6, 6.07) is 36.7. The van der Waals surface area contributed by atoms with Crippen molar-refractivity contribution >= 4 is 6.08 Å². The van der Waals surface area contributed by atoms with Crippen molar-refractivity contribution < 1.29 is 18.9 Å². The molecule has 0 radical (unpaired) electrons. The van der Waals surface area contributed by atoms with Crippen molar-refractivity contribution in [3.05, 3.63) is 160 Å². The molecular formula is C40H40O4. The van der Waals surface area contributed by atoms with Crippen molar-refractivity contribution in [2.45, 2.75) is 47.0 Å². The fraction of sp³-hybridized carbons (Fsp3) is 0.200. The smallest absolute Gasteiger partial charge is 0.129 e. The maximum absolute atomic E-state index is 6.38. The largest absolute Gasteiger partial charge is 0.496 e. The van der Waals surface area contributed by atoms with E-state index in [1.807, 2.05) is 66.7 Å². The Bertz CT molecular complexity index is 1680. The van der Waals surface area contributed by atoms with Crippen LogP contribution in [0.4, 0.5) is 0 Å². The van der Waals surface area contributed by atoms with Crippen molar-refractivity contribution in [1.82, 2.24) is 0 Å². The fourth-order valence-electron chi connectivity index (χ4n) is 5.23.